The highest BCUT2D eigenvalue weighted by Gasteiger charge is 2.09. The molecule has 0 amide bonds. The van der Waals surface area contributed by atoms with Gasteiger partial charge in [-0.2, -0.15) is 0 Å². The van der Waals surface area contributed by atoms with Gasteiger partial charge in [0.05, 0.1) is 22.4 Å². The molecule has 0 aliphatic heterocycles. The molecule has 0 spiro atoms. The van der Waals surface area contributed by atoms with Crippen molar-refractivity contribution >= 4 is 37.7 Å². The first-order chi connectivity index (χ1) is 16.2. The topological polar surface area (TPSA) is 25.8 Å². The zero-order valence-electron chi connectivity index (χ0n) is 17.7. The van der Waals surface area contributed by atoms with E-state index in [0.717, 1.165) is 48.8 Å². The summed E-state index contributed by atoms with van der Waals surface area (Å²) in [6.07, 6.45) is 0. The lowest BCUT2D eigenvalue weighted by Gasteiger charge is -2.09. The second kappa shape index (κ2) is 8.27. The van der Waals surface area contributed by atoms with Crippen LogP contribution in [-0.4, -0.2) is 9.97 Å². The lowest BCUT2D eigenvalue weighted by atomic mass is 10.0. The predicted octanol–water partition coefficient (Wildman–Crippen LogP) is 8.55. The van der Waals surface area contributed by atoms with Gasteiger partial charge in [-0.1, -0.05) is 107 Å². The molecule has 2 heterocycles. The van der Waals surface area contributed by atoms with Crippen LogP contribution in [0.15, 0.2) is 120 Å². The van der Waals surface area contributed by atoms with Crippen molar-refractivity contribution in [2.75, 3.05) is 0 Å². The first kappa shape index (κ1) is 19.8. The van der Waals surface area contributed by atoms with Gasteiger partial charge in [-0.05, 0) is 35.4 Å². The summed E-state index contributed by atoms with van der Waals surface area (Å²) in [5, 5.41) is 2.19. The molecule has 6 rings (SSSR count). The molecule has 3 heteroatoms. The maximum Gasteiger partial charge on any atom is 0.0972 e. The van der Waals surface area contributed by atoms with E-state index in [1.165, 1.54) is 11.1 Å². The van der Waals surface area contributed by atoms with Crippen molar-refractivity contribution < 1.29 is 0 Å². The highest BCUT2D eigenvalue weighted by atomic mass is 79.9. The van der Waals surface area contributed by atoms with Gasteiger partial charge in [0.1, 0.15) is 0 Å². The largest absolute Gasteiger partial charge is 0.245 e. The van der Waals surface area contributed by atoms with Crippen molar-refractivity contribution in [3.8, 4) is 33.6 Å². The minimum Gasteiger partial charge on any atom is -0.245 e. The van der Waals surface area contributed by atoms with E-state index >= 15 is 0 Å². The van der Waals surface area contributed by atoms with Crippen molar-refractivity contribution in [1.82, 2.24) is 9.97 Å². The number of rotatable bonds is 3. The molecule has 0 aliphatic carbocycles. The Morgan fingerprint density at radius 3 is 1.36 bits per heavy atom. The molecule has 0 aliphatic rings. The van der Waals surface area contributed by atoms with E-state index in [-0.39, 0.29) is 0 Å². The van der Waals surface area contributed by atoms with Crippen molar-refractivity contribution in [3.05, 3.63) is 120 Å². The number of halogens is 1. The van der Waals surface area contributed by atoms with Crippen LogP contribution < -0.4 is 0 Å². The first-order valence-corrected chi connectivity index (χ1v) is 11.7. The molecule has 0 unspecified atom stereocenters. The SMILES string of the molecule is Brc1ccc(-c2ccc(-c3ccc4ccc5ccc(-c6ccccc6)nc5c4n3)cc2)cc1. The molecule has 0 atom stereocenters. The molecular formula is C30H19BrN2. The van der Waals surface area contributed by atoms with Crippen LogP contribution in [0, 0.1) is 0 Å². The molecule has 0 radical (unpaired) electrons. The molecular weight excluding hydrogens is 468 g/mol. The monoisotopic (exact) mass is 486 g/mol. The molecule has 0 fully saturated rings. The quantitative estimate of drug-likeness (QED) is 0.234. The fourth-order valence-corrected chi connectivity index (χ4v) is 4.44. The van der Waals surface area contributed by atoms with Gasteiger partial charge >= 0.3 is 0 Å². The maximum atomic E-state index is 5.05. The zero-order chi connectivity index (χ0) is 22.2. The molecule has 0 saturated heterocycles. The molecule has 2 aromatic heterocycles. The summed E-state index contributed by atoms with van der Waals surface area (Å²) >= 11 is 3.50. The number of nitrogens with zero attached hydrogens (tertiary/aromatic N) is 2. The summed E-state index contributed by atoms with van der Waals surface area (Å²) in [7, 11) is 0. The number of benzene rings is 4. The zero-order valence-corrected chi connectivity index (χ0v) is 19.3. The Labute approximate surface area is 200 Å². The molecule has 156 valence electrons. The Balaban J connectivity index is 1.44. The van der Waals surface area contributed by atoms with Crippen LogP contribution in [-0.2, 0) is 0 Å². The van der Waals surface area contributed by atoms with Crippen molar-refractivity contribution in [2.45, 2.75) is 0 Å². The van der Waals surface area contributed by atoms with Crippen LogP contribution in [0.1, 0.15) is 0 Å². The van der Waals surface area contributed by atoms with E-state index in [2.05, 4.69) is 113 Å². The van der Waals surface area contributed by atoms with E-state index < -0.39 is 0 Å². The normalized spacial score (nSPS) is 11.2. The molecule has 0 bridgehead atoms. The number of hydrogen-bond acceptors (Lipinski definition) is 2. The third-order valence-corrected chi connectivity index (χ3v) is 6.48. The van der Waals surface area contributed by atoms with Crippen LogP contribution in [0.5, 0.6) is 0 Å². The van der Waals surface area contributed by atoms with Gasteiger partial charge in [-0.25, -0.2) is 9.97 Å². The molecule has 2 nitrogen and oxygen atoms in total. The Bertz CT molecular complexity index is 1590. The lowest BCUT2D eigenvalue weighted by Crippen LogP contribution is -1.91. The fourth-order valence-electron chi connectivity index (χ4n) is 4.17. The Morgan fingerprint density at radius 2 is 0.818 bits per heavy atom. The van der Waals surface area contributed by atoms with Gasteiger partial charge in [-0.15, -0.1) is 0 Å². The summed E-state index contributed by atoms with van der Waals surface area (Å²) in [6.45, 7) is 0. The van der Waals surface area contributed by atoms with E-state index in [1.54, 1.807) is 0 Å². The van der Waals surface area contributed by atoms with E-state index in [4.69, 9.17) is 9.97 Å². The molecule has 4 aromatic carbocycles. The number of hydrogen-bond donors (Lipinski definition) is 0. The molecule has 6 aromatic rings. The van der Waals surface area contributed by atoms with Crippen LogP contribution in [0.3, 0.4) is 0 Å². The second-order valence-electron chi connectivity index (χ2n) is 8.05. The summed E-state index contributed by atoms with van der Waals surface area (Å²) in [5.74, 6) is 0. The third kappa shape index (κ3) is 3.81. The summed E-state index contributed by atoms with van der Waals surface area (Å²) in [5.41, 5.74) is 8.35. The highest BCUT2D eigenvalue weighted by Crippen LogP contribution is 2.30. The molecule has 0 saturated carbocycles. The Hall–Kier alpha value is -3.82. The summed E-state index contributed by atoms with van der Waals surface area (Å²) < 4.78 is 1.08. The van der Waals surface area contributed by atoms with Gasteiger partial charge in [0.15, 0.2) is 0 Å². The van der Waals surface area contributed by atoms with Crippen LogP contribution >= 0.6 is 15.9 Å². The first-order valence-electron chi connectivity index (χ1n) is 10.9. The smallest absolute Gasteiger partial charge is 0.0972 e. The number of aromatic nitrogens is 2. The lowest BCUT2D eigenvalue weighted by molar-refractivity contribution is 1.36. The average molecular weight is 487 g/mol. The van der Waals surface area contributed by atoms with E-state index in [9.17, 15) is 0 Å². The second-order valence-corrected chi connectivity index (χ2v) is 8.97. The minimum atomic E-state index is 0.930. The van der Waals surface area contributed by atoms with E-state index in [0.29, 0.717) is 0 Å². The average Bonchev–Trinajstić information content (AvgIpc) is 2.89. The standard InChI is InChI=1S/C30H19BrN2/c31-26-16-12-21(13-17-26)20-6-8-23(9-7-20)28-19-15-25-11-10-24-14-18-27(22-4-2-1-3-5-22)32-29(24)30(25)33-28/h1-19H. The number of fused-ring (bicyclic) bond motifs is 3. The van der Waals surface area contributed by atoms with Crippen LogP contribution in [0.25, 0.3) is 55.4 Å². The number of pyridine rings is 2. The van der Waals surface area contributed by atoms with Gasteiger partial charge in [0.25, 0.3) is 0 Å². The van der Waals surface area contributed by atoms with Crippen LogP contribution in [0.4, 0.5) is 0 Å². The third-order valence-electron chi connectivity index (χ3n) is 5.95. The van der Waals surface area contributed by atoms with Gasteiger partial charge < -0.3 is 0 Å². The fraction of sp³-hybridized carbons (Fsp3) is 0. The minimum absolute atomic E-state index is 0.930. The van der Waals surface area contributed by atoms with Gasteiger partial charge in [-0.3, -0.25) is 0 Å². The van der Waals surface area contributed by atoms with Gasteiger partial charge in [0.2, 0.25) is 0 Å². The van der Waals surface area contributed by atoms with E-state index in [1.807, 2.05) is 18.2 Å². The summed E-state index contributed by atoms with van der Waals surface area (Å²) in [6, 6.07) is 39.9. The summed E-state index contributed by atoms with van der Waals surface area (Å²) in [4.78, 5) is 10.1. The Morgan fingerprint density at radius 1 is 0.394 bits per heavy atom. The molecule has 33 heavy (non-hydrogen) atoms. The maximum absolute atomic E-state index is 5.05. The van der Waals surface area contributed by atoms with Crippen molar-refractivity contribution in [1.29, 1.82) is 0 Å². The van der Waals surface area contributed by atoms with Crippen molar-refractivity contribution in [3.63, 3.8) is 0 Å². The van der Waals surface area contributed by atoms with Crippen molar-refractivity contribution in [2.24, 2.45) is 0 Å². The van der Waals surface area contributed by atoms with Gasteiger partial charge in [0, 0.05) is 26.4 Å². The van der Waals surface area contributed by atoms with Crippen LogP contribution in [0.2, 0.25) is 0 Å². The predicted molar refractivity (Wildman–Crippen MR) is 141 cm³/mol. The Kier molecular flexibility index (Phi) is 4.97. The molecule has 0 N–H and O–H groups in total. The highest BCUT2D eigenvalue weighted by molar-refractivity contribution is 9.10.